The van der Waals surface area contributed by atoms with Gasteiger partial charge >= 0.3 is 0 Å². The molecule has 1 unspecified atom stereocenters. The number of nitrogens with zero attached hydrogens (tertiary/aromatic N) is 3. The van der Waals surface area contributed by atoms with Crippen molar-refractivity contribution in [3.63, 3.8) is 0 Å². The van der Waals surface area contributed by atoms with E-state index in [1.807, 2.05) is 31.2 Å². The van der Waals surface area contributed by atoms with Crippen LogP contribution in [-0.2, 0) is 0 Å². The average molecular weight is 320 g/mol. The lowest BCUT2D eigenvalue weighted by Gasteiger charge is -2.02. The second kappa shape index (κ2) is 4.42. The van der Waals surface area contributed by atoms with Crippen molar-refractivity contribution in [2.24, 2.45) is 0 Å². The molecule has 0 bridgehead atoms. The third kappa shape index (κ3) is 2.19. The fourth-order valence-electron chi connectivity index (χ4n) is 2.40. The zero-order chi connectivity index (χ0) is 14.6. The second-order valence-electron chi connectivity index (χ2n) is 5.34. The SMILES string of the molecule is Cc1ccnc2ccc(-c3nc(C4CC4(Cl)Cl)no3)cc12. The number of aryl methyl sites for hydroxylation is 1. The van der Waals surface area contributed by atoms with E-state index in [1.54, 1.807) is 6.20 Å². The molecule has 1 aromatic carbocycles. The molecular formula is C15H11Cl2N3O. The Kier molecular flexibility index (Phi) is 2.75. The van der Waals surface area contributed by atoms with Crippen molar-refractivity contribution in [3.8, 4) is 11.5 Å². The van der Waals surface area contributed by atoms with Crippen LogP contribution in [0.5, 0.6) is 0 Å². The van der Waals surface area contributed by atoms with Gasteiger partial charge in [0.25, 0.3) is 5.89 Å². The predicted molar refractivity (Wildman–Crippen MR) is 81.6 cm³/mol. The lowest BCUT2D eigenvalue weighted by Crippen LogP contribution is -1.92. The van der Waals surface area contributed by atoms with Gasteiger partial charge < -0.3 is 4.52 Å². The maximum Gasteiger partial charge on any atom is 0.257 e. The number of alkyl halides is 2. The third-order valence-corrected chi connectivity index (χ3v) is 4.62. The van der Waals surface area contributed by atoms with Crippen LogP contribution in [0.1, 0.15) is 23.7 Å². The van der Waals surface area contributed by atoms with Crippen molar-refractivity contribution in [2.75, 3.05) is 0 Å². The monoisotopic (exact) mass is 319 g/mol. The second-order valence-corrected chi connectivity index (χ2v) is 6.88. The van der Waals surface area contributed by atoms with Crippen molar-refractivity contribution in [1.82, 2.24) is 15.1 Å². The number of rotatable bonds is 2. The Labute approximate surface area is 131 Å². The molecule has 6 heteroatoms. The topological polar surface area (TPSA) is 51.8 Å². The smallest absolute Gasteiger partial charge is 0.257 e. The van der Waals surface area contributed by atoms with Crippen molar-refractivity contribution in [2.45, 2.75) is 23.6 Å². The van der Waals surface area contributed by atoms with Crippen molar-refractivity contribution >= 4 is 34.1 Å². The molecule has 4 rings (SSSR count). The molecule has 21 heavy (non-hydrogen) atoms. The van der Waals surface area contributed by atoms with Crippen LogP contribution in [-0.4, -0.2) is 19.5 Å². The first-order chi connectivity index (χ1) is 10.0. The van der Waals surface area contributed by atoms with Crippen LogP contribution in [0, 0.1) is 6.92 Å². The Morgan fingerprint density at radius 1 is 1.29 bits per heavy atom. The fraction of sp³-hybridized carbons (Fsp3) is 0.267. The summed E-state index contributed by atoms with van der Waals surface area (Å²) in [6, 6.07) is 7.86. The quantitative estimate of drug-likeness (QED) is 0.662. The van der Waals surface area contributed by atoms with E-state index in [4.69, 9.17) is 27.7 Å². The van der Waals surface area contributed by atoms with E-state index < -0.39 is 4.33 Å². The van der Waals surface area contributed by atoms with Gasteiger partial charge in [-0.25, -0.2) is 0 Å². The molecule has 0 radical (unpaired) electrons. The van der Waals surface area contributed by atoms with Gasteiger partial charge in [-0.1, -0.05) is 5.16 Å². The number of hydrogen-bond donors (Lipinski definition) is 0. The molecule has 106 valence electrons. The molecule has 1 saturated carbocycles. The summed E-state index contributed by atoms with van der Waals surface area (Å²) >= 11 is 12.1. The van der Waals surface area contributed by atoms with E-state index in [0.29, 0.717) is 18.1 Å². The van der Waals surface area contributed by atoms with Gasteiger partial charge in [-0.05, 0) is 43.2 Å². The molecule has 1 aliphatic carbocycles. The molecule has 2 aromatic heterocycles. The molecule has 1 atom stereocenters. The number of benzene rings is 1. The van der Waals surface area contributed by atoms with Gasteiger partial charge in [-0.3, -0.25) is 4.98 Å². The Morgan fingerprint density at radius 3 is 2.86 bits per heavy atom. The van der Waals surface area contributed by atoms with Gasteiger partial charge in [0.2, 0.25) is 0 Å². The Balaban J connectivity index is 1.75. The van der Waals surface area contributed by atoms with Crippen LogP contribution < -0.4 is 0 Å². The molecule has 0 spiro atoms. The molecule has 1 fully saturated rings. The molecule has 0 amide bonds. The summed E-state index contributed by atoms with van der Waals surface area (Å²) in [5.41, 5.74) is 2.97. The zero-order valence-electron chi connectivity index (χ0n) is 11.2. The standard InChI is InChI=1S/C15H11Cl2N3O/c1-8-4-5-18-12-3-2-9(6-10(8)12)14-19-13(20-21-14)11-7-15(11,16)17/h2-6,11H,7H2,1H3. The predicted octanol–water partition coefficient (Wildman–Crippen LogP) is 4.25. The van der Waals surface area contributed by atoms with Crippen LogP contribution in [0.15, 0.2) is 35.0 Å². The molecular weight excluding hydrogens is 309 g/mol. The van der Waals surface area contributed by atoms with E-state index in [1.165, 1.54) is 0 Å². The van der Waals surface area contributed by atoms with Crippen molar-refractivity contribution in [1.29, 1.82) is 0 Å². The van der Waals surface area contributed by atoms with Crippen LogP contribution in [0.25, 0.3) is 22.4 Å². The van der Waals surface area contributed by atoms with Crippen molar-refractivity contribution < 1.29 is 4.52 Å². The molecule has 0 aliphatic heterocycles. The van der Waals surface area contributed by atoms with Gasteiger partial charge in [0.05, 0.1) is 11.4 Å². The summed E-state index contributed by atoms with van der Waals surface area (Å²) in [6.07, 6.45) is 2.46. The molecule has 4 nitrogen and oxygen atoms in total. The average Bonchev–Trinajstić information content (AvgIpc) is 2.88. The lowest BCUT2D eigenvalue weighted by atomic mass is 10.1. The lowest BCUT2D eigenvalue weighted by molar-refractivity contribution is 0.422. The maximum atomic E-state index is 6.03. The highest BCUT2D eigenvalue weighted by atomic mass is 35.5. The van der Waals surface area contributed by atoms with E-state index in [0.717, 1.165) is 22.0 Å². The highest BCUT2D eigenvalue weighted by molar-refractivity contribution is 6.51. The zero-order valence-corrected chi connectivity index (χ0v) is 12.7. The van der Waals surface area contributed by atoms with E-state index in [2.05, 4.69) is 15.1 Å². The number of pyridine rings is 1. The van der Waals surface area contributed by atoms with Gasteiger partial charge in [0, 0.05) is 17.1 Å². The van der Waals surface area contributed by atoms with E-state index in [9.17, 15) is 0 Å². The first-order valence-electron chi connectivity index (χ1n) is 6.62. The number of hydrogen-bond acceptors (Lipinski definition) is 4. The summed E-state index contributed by atoms with van der Waals surface area (Å²) in [5, 5.41) is 5.06. The minimum atomic E-state index is -0.745. The largest absolute Gasteiger partial charge is 0.334 e. The van der Waals surface area contributed by atoms with Gasteiger partial charge in [0.1, 0.15) is 4.33 Å². The Hall–Kier alpha value is -1.65. The van der Waals surface area contributed by atoms with Gasteiger partial charge in [-0.15, -0.1) is 23.2 Å². The summed E-state index contributed by atoms with van der Waals surface area (Å²) in [6.45, 7) is 2.05. The minimum absolute atomic E-state index is 0.0396. The third-order valence-electron chi connectivity index (χ3n) is 3.79. The molecule has 0 saturated heterocycles. The molecule has 2 heterocycles. The van der Waals surface area contributed by atoms with Gasteiger partial charge in [0.15, 0.2) is 5.82 Å². The van der Waals surface area contributed by atoms with Crippen LogP contribution in [0.4, 0.5) is 0 Å². The van der Waals surface area contributed by atoms with E-state index >= 15 is 0 Å². The Bertz CT molecular complexity index is 844. The highest BCUT2D eigenvalue weighted by Crippen LogP contribution is 2.58. The summed E-state index contributed by atoms with van der Waals surface area (Å²) < 4.78 is 4.59. The summed E-state index contributed by atoms with van der Waals surface area (Å²) in [7, 11) is 0. The van der Waals surface area contributed by atoms with Crippen LogP contribution in [0.3, 0.4) is 0 Å². The number of aromatic nitrogens is 3. The van der Waals surface area contributed by atoms with Crippen LogP contribution in [0.2, 0.25) is 0 Å². The van der Waals surface area contributed by atoms with Crippen LogP contribution >= 0.6 is 23.2 Å². The molecule has 0 N–H and O–H groups in total. The molecule has 1 aliphatic rings. The first-order valence-corrected chi connectivity index (χ1v) is 7.37. The number of fused-ring (bicyclic) bond motifs is 1. The Morgan fingerprint density at radius 2 is 2.10 bits per heavy atom. The highest BCUT2D eigenvalue weighted by Gasteiger charge is 2.55. The van der Waals surface area contributed by atoms with Gasteiger partial charge in [-0.2, -0.15) is 4.98 Å². The summed E-state index contributed by atoms with van der Waals surface area (Å²) in [5.74, 6) is 1.01. The molecule has 3 aromatic rings. The first kappa shape index (κ1) is 13.0. The van der Waals surface area contributed by atoms with E-state index in [-0.39, 0.29) is 5.92 Å². The number of halogens is 2. The maximum absolute atomic E-state index is 6.03. The minimum Gasteiger partial charge on any atom is -0.334 e. The normalized spacial score (nSPS) is 19.9. The fourth-order valence-corrected chi connectivity index (χ4v) is 2.91. The summed E-state index contributed by atoms with van der Waals surface area (Å²) in [4.78, 5) is 8.75. The van der Waals surface area contributed by atoms with Crippen molar-refractivity contribution in [3.05, 3.63) is 41.9 Å².